The monoisotopic (exact) mass is 349 g/mol. The fraction of sp³-hybridized carbons (Fsp3) is 0.368. The lowest BCUT2D eigenvalue weighted by Gasteiger charge is -2.13. The Labute approximate surface area is 148 Å². The summed E-state index contributed by atoms with van der Waals surface area (Å²) in [6.07, 6.45) is 1.80. The molecular formula is C19H24ClNO3. The molecule has 5 heteroatoms. The van der Waals surface area contributed by atoms with Crippen LogP contribution in [0, 0.1) is 0 Å². The molecule has 2 N–H and O–H groups in total. The summed E-state index contributed by atoms with van der Waals surface area (Å²) in [6.45, 7) is 2.36. The second kappa shape index (κ2) is 10.2. The molecule has 0 fully saturated rings. The standard InChI is InChI=1S/C19H24ClNO3/c1-23-19-12-16(13-21-10-2-3-11-22)6-9-18(19)24-14-15-4-7-17(20)8-5-15/h4-9,12,21-22H,2-3,10-11,13-14H2,1H3. The molecule has 0 aliphatic heterocycles. The van der Waals surface area contributed by atoms with Crippen molar-refractivity contribution in [3.05, 3.63) is 58.6 Å². The van der Waals surface area contributed by atoms with Crippen LogP contribution in [0.15, 0.2) is 42.5 Å². The van der Waals surface area contributed by atoms with Crippen LogP contribution in [0.5, 0.6) is 11.5 Å². The molecule has 24 heavy (non-hydrogen) atoms. The van der Waals surface area contributed by atoms with Gasteiger partial charge in [-0.05, 0) is 54.8 Å². The van der Waals surface area contributed by atoms with E-state index >= 15 is 0 Å². The molecule has 0 aliphatic carbocycles. The maximum absolute atomic E-state index is 8.76. The molecule has 130 valence electrons. The Morgan fingerprint density at radius 3 is 2.46 bits per heavy atom. The Balaban J connectivity index is 1.89. The van der Waals surface area contributed by atoms with Crippen LogP contribution in [-0.4, -0.2) is 25.4 Å². The van der Waals surface area contributed by atoms with E-state index in [1.54, 1.807) is 7.11 Å². The predicted octanol–water partition coefficient (Wildman–Crippen LogP) is 3.79. The average molecular weight is 350 g/mol. The molecule has 4 nitrogen and oxygen atoms in total. The van der Waals surface area contributed by atoms with Gasteiger partial charge in [0.25, 0.3) is 0 Å². The molecule has 0 spiro atoms. The van der Waals surface area contributed by atoms with Gasteiger partial charge in [0.05, 0.1) is 7.11 Å². The first-order chi connectivity index (χ1) is 11.7. The number of hydrogen-bond acceptors (Lipinski definition) is 4. The lowest BCUT2D eigenvalue weighted by atomic mass is 10.2. The average Bonchev–Trinajstić information content (AvgIpc) is 2.61. The molecule has 2 rings (SSSR count). The van der Waals surface area contributed by atoms with E-state index in [2.05, 4.69) is 5.32 Å². The third-order valence-corrected chi connectivity index (χ3v) is 3.88. The first-order valence-corrected chi connectivity index (χ1v) is 8.46. The number of benzene rings is 2. The van der Waals surface area contributed by atoms with Crippen molar-refractivity contribution in [1.29, 1.82) is 0 Å². The number of unbranched alkanes of at least 4 members (excludes halogenated alkanes) is 1. The summed E-state index contributed by atoms with van der Waals surface area (Å²) >= 11 is 5.88. The largest absolute Gasteiger partial charge is 0.493 e. The number of aliphatic hydroxyl groups excluding tert-OH is 1. The molecule has 0 amide bonds. The lowest BCUT2D eigenvalue weighted by molar-refractivity contribution is 0.283. The number of hydrogen-bond donors (Lipinski definition) is 2. The number of methoxy groups -OCH3 is 1. The number of halogens is 1. The molecule has 0 aliphatic rings. The van der Waals surface area contributed by atoms with Gasteiger partial charge in [0.2, 0.25) is 0 Å². The van der Waals surface area contributed by atoms with E-state index < -0.39 is 0 Å². The number of rotatable bonds is 10. The van der Waals surface area contributed by atoms with Crippen LogP contribution in [0.2, 0.25) is 5.02 Å². The summed E-state index contributed by atoms with van der Waals surface area (Å²) in [5, 5.41) is 12.8. The van der Waals surface area contributed by atoms with E-state index in [0.29, 0.717) is 11.6 Å². The smallest absolute Gasteiger partial charge is 0.161 e. The minimum Gasteiger partial charge on any atom is -0.493 e. The van der Waals surface area contributed by atoms with E-state index in [1.165, 1.54) is 0 Å². The van der Waals surface area contributed by atoms with Crippen molar-refractivity contribution in [2.45, 2.75) is 26.0 Å². The van der Waals surface area contributed by atoms with Gasteiger partial charge in [0.1, 0.15) is 6.61 Å². The Bertz CT molecular complexity index is 617. The first kappa shape index (κ1) is 18.6. The zero-order valence-electron chi connectivity index (χ0n) is 13.9. The van der Waals surface area contributed by atoms with Crippen LogP contribution in [0.3, 0.4) is 0 Å². The van der Waals surface area contributed by atoms with E-state index in [4.69, 9.17) is 26.2 Å². The molecule has 0 saturated carbocycles. The van der Waals surface area contributed by atoms with Crippen molar-refractivity contribution < 1.29 is 14.6 Å². The molecule has 0 heterocycles. The summed E-state index contributed by atoms with van der Waals surface area (Å²) < 4.78 is 11.3. The maximum Gasteiger partial charge on any atom is 0.161 e. The van der Waals surface area contributed by atoms with E-state index in [1.807, 2.05) is 42.5 Å². The predicted molar refractivity (Wildman–Crippen MR) is 96.8 cm³/mol. The van der Waals surface area contributed by atoms with Crippen molar-refractivity contribution in [3.63, 3.8) is 0 Å². The fourth-order valence-corrected chi connectivity index (χ4v) is 2.40. The number of aliphatic hydroxyl groups is 1. The zero-order chi connectivity index (χ0) is 17.2. The van der Waals surface area contributed by atoms with Gasteiger partial charge in [0, 0.05) is 18.2 Å². The summed E-state index contributed by atoms with van der Waals surface area (Å²) in [5.41, 5.74) is 2.19. The molecular weight excluding hydrogens is 326 g/mol. The Hall–Kier alpha value is -1.75. The number of nitrogens with one attached hydrogen (secondary N) is 1. The highest BCUT2D eigenvalue weighted by Gasteiger charge is 2.06. The highest BCUT2D eigenvalue weighted by Crippen LogP contribution is 2.29. The summed E-state index contributed by atoms with van der Waals surface area (Å²) in [4.78, 5) is 0. The summed E-state index contributed by atoms with van der Waals surface area (Å²) in [5.74, 6) is 1.44. The Morgan fingerprint density at radius 1 is 1.00 bits per heavy atom. The van der Waals surface area contributed by atoms with Crippen LogP contribution < -0.4 is 14.8 Å². The zero-order valence-corrected chi connectivity index (χ0v) is 14.7. The van der Waals surface area contributed by atoms with Gasteiger partial charge in [0.15, 0.2) is 11.5 Å². The van der Waals surface area contributed by atoms with Crippen LogP contribution in [-0.2, 0) is 13.2 Å². The third kappa shape index (κ3) is 6.04. The van der Waals surface area contributed by atoms with Crippen molar-refractivity contribution in [3.8, 4) is 11.5 Å². The van der Waals surface area contributed by atoms with Crippen LogP contribution >= 0.6 is 11.6 Å². The molecule has 0 unspecified atom stereocenters. The highest BCUT2D eigenvalue weighted by molar-refractivity contribution is 6.30. The maximum atomic E-state index is 8.76. The fourth-order valence-electron chi connectivity index (χ4n) is 2.28. The van der Waals surface area contributed by atoms with Gasteiger partial charge < -0.3 is 19.9 Å². The van der Waals surface area contributed by atoms with E-state index in [-0.39, 0.29) is 6.61 Å². The molecule has 2 aromatic rings. The van der Waals surface area contributed by atoms with Gasteiger partial charge in [-0.25, -0.2) is 0 Å². The van der Waals surface area contributed by atoms with Crippen LogP contribution in [0.1, 0.15) is 24.0 Å². The quantitative estimate of drug-likeness (QED) is 0.641. The molecule has 0 saturated heterocycles. The van der Waals surface area contributed by atoms with Crippen molar-refractivity contribution in [2.75, 3.05) is 20.3 Å². The molecule has 2 aromatic carbocycles. The second-order valence-corrected chi connectivity index (χ2v) is 5.94. The Kier molecular flexibility index (Phi) is 7.89. The minimum absolute atomic E-state index is 0.245. The summed E-state index contributed by atoms with van der Waals surface area (Å²) in [6, 6.07) is 13.5. The van der Waals surface area contributed by atoms with Crippen molar-refractivity contribution >= 4 is 11.6 Å². The lowest BCUT2D eigenvalue weighted by Crippen LogP contribution is -2.15. The van der Waals surface area contributed by atoms with Crippen LogP contribution in [0.25, 0.3) is 0 Å². The van der Waals surface area contributed by atoms with Gasteiger partial charge in [-0.3, -0.25) is 0 Å². The second-order valence-electron chi connectivity index (χ2n) is 5.51. The van der Waals surface area contributed by atoms with E-state index in [9.17, 15) is 0 Å². The normalized spacial score (nSPS) is 10.6. The molecule has 0 atom stereocenters. The number of ether oxygens (including phenoxy) is 2. The van der Waals surface area contributed by atoms with Crippen molar-refractivity contribution in [1.82, 2.24) is 5.32 Å². The Morgan fingerprint density at radius 2 is 1.75 bits per heavy atom. The molecule has 0 radical (unpaired) electrons. The topological polar surface area (TPSA) is 50.7 Å². The highest BCUT2D eigenvalue weighted by atomic mass is 35.5. The molecule has 0 bridgehead atoms. The summed E-state index contributed by atoms with van der Waals surface area (Å²) in [7, 11) is 1.64. The SMILES string of the molecule is COc1cc(CNCCCCO)ccc1OCc1ccc(Cl)cc1. The molecule has 0 aromatic heterocycles. The first-order valence-electron chi connectivity index (χ1n) is 8.08. The van der Waals surface area contributed by atoms with Crippen molar-refractivity contribution in [2.24, 2.45) is 0 Å². The van der Waals surface area contributed by atoms with Crippen LogP contribution in [0.4, 0.5) is 0 Å². The minimum atomic E-state index is 0.245. The van der Waals surface area contributed by atoms with Gasteiger partial charge in [-0.1, -0.05) is 29.8 Å². The van der Waals surface area contributed by atoms with Gasteiger partial charge in [-0.15, -0.1) is 0 Å². The van der Waals surface area contributed by atoms with E-state index in [0.717, 1.165) is 48.6 Å². The van der Waals surface area contributed by atoms with Gasteiger partial charge in [-0.2, -0.15) is 0 Å². The third-order valence-electron chi connectivity index (χ3n) is 3.63. The van der Waals surface area contributed by atoms with Gasteiger partial charge >= 0.3 is 0 Å².